The molecule has 1 aromatic heterocycles. The largest absolute Gasteiger partial charge is 0.480 e. The van der Waals surface area contributed by atoms with Gasteiger partial charge in [0, 0.05) is 13.1 Å². The predicted molar refractivity (Wildman–Crippen MR) is 81.9 cm³/mol. The van der Waals surface area contributed by atoms with Crippen molar-refractivity contribution in [3.8, 4) is 0 Å². The van der Waals surface area contributed by atoms with Crippen LogP contribution >= 0.6 is 0 Å². The Kier molecular flexibility index (Phi) is 4.54. The van der Waals surface area contributed by atoms with Crippen LogP contribution in [0.4, 0.5) is 4.39 Å². The quantitative estimate of drug-likeness (QED) is 0.917. The second kappa shape index (κ2) is 6.77. The summed E-state index contributed by atoms with van der Waals surface area (Å²) >= 11 is 0. The third-order valence-electron chi connectivity index (χ3n) is 4.18. The van der Waals surface area contributed by atoms with Gasteiger partial charge in [-0.15, -0.1) is 5.10 Å². The number of nitrogens with zero attached hydrogens (tertiary/aromatic N) is 4. The molecule has 126 valence electrons. The first-order valence-electron chi connectivity index (χ1n) is 7.70. The molecule has 0 unspecified atom stereocenters. The summed E-state index contributed by atoms with van der Waals surface area (Å²) in [7, 11) is 0. The van der Waals surface area contributed by atoms with Crippen LogP contribution in [0, 0.1) is 5.82 Å². The molecule has 8 heteroatoms. The Morgan fingerprint density at radius 2 is 1.96 bits per heavy atom. The van der Waals surface area contributed by atoms with Gasteiger partial charge in [-0.3, -0.25) is 9.59 Å². The van der Waals surface area contributed by atoms with Crippen molar-refractivity contribution >= 4 is 11.9 Å². The van der Waals surface area contributed by atoms with E-state index in [1.54, 1.807) is 17.0 Å². The Morgan fingerprint density at radius 1 is 1.25 bits per heavy atom. The second-order valence-corrected chi connectivity index (χ2v) is 5.78. The fourth-order valence-corrected chi connectivity index (χ4v) is 2.97. The van der Waals surface area contributed by atoms with Crippen molar-refractivity contribution in [2.75, 3.05) is 13.1 Å². The lowest BCUT2D eigenvalue weighted by atomic mass is 9.89. The van der Waals surface area contributed by atoms with Crippen LogP contribution < -0.4 is 0 Å². The maximum Gasteiger partial charge on any atom is 0.325 e. The molecule has 1 fully saturated rings. The van der Waals surface area contributed by atoms with Gasteiger partial charge in [0.05, 0.1) is 6.20 Å². The molecule has 3 rings (SSSR count). The number of hydrogen-bond donors (Lipinski definition) is 1. The minimum Gasteiger partial charge on any atom is -0.480 e. The summed E-state index contributed by atoms with van der Waals surface area (Å²) in [5, 5.41) is 16.1. The number of carbonyl (C=O) groups is 2. The lowest BCUT2D eigenvalue weighted by molar-refractivity contribution is -0.137. The minimum atomic E-state index is -1.05. The number of benzene rings is 1. The monoisotopic (exact) mass is 332 g/mol. The molecular weight excluding hydrogens is 315 g/mol. The lowest BCUT2D eigenvalue weighted by Crippen LogP contribution is -2.38. The first-order chi connectivity index (χ1) is 11.5. The number of piperidine rings is 1. The van der Waals surface area contributed by atoms with Crippen molar-refractivity contribution in [3.63, 3.8) is 0 Å². The molecule has 1 N–H and O–H groups in total. The van der Waals surface area contributed by atoms with E-state index in [1.165, 1.54) is 12.3 Å². The molecule has 0 radical (unpaired) electrons. The fraction of sp³-hybridized carbons (Fsp3) is 0.375. The SMILES string of the molecule is O=C(O)Cn1cc(C(=O)N2CCC(c3ccccc3F)CC2)nn1. The van der Waals surface area contributed by atoms with E-state index < -0.39 is 5.97 Å². The highest BCUT2D eigenvalue weighted by molar-refractivity contribution is 5.92. The average Bonchev–Trinajstić information content (AvgIpc) is 3.02. The van der Waals surface area contributed by atoms with Crippen LogP contribution in [0.5, 0.6) is 0 Å². The molecule has 7 nitrogen and oxygen atoms in total. The molecule has 2 heterocycles. The van der Waals surface area contributed by atoms with E-state index >= 15 is 0 Å². The normalized spacial score (nSPS) is 15.5. The van der Waals surface area contributed by atoms with Crippen molar-refractivity contribution < 1.29 is 19.1 Å². The van der Waals surface area contributed by atoms with Crippen molar-refractivity contribution in [2.24, 2.45) is 0 Å². The number of aromatic nitrogens is 3. The van der Waals surface area contributed by atoms with Gasteiger partial charge in [0.2, 0.25) is 0 Å². The summed E-state index contributed by atoms with van der Waals surface area (Å²) in [6, 6.07) is 6.72. The van der Waals surface area contributed by atoms with E-state index in [0.29, 0.717) is 31.5 Å². The van der Waals surface area contributed by atoms with E-state index in [0.717, 1.165) is 4.68 Å². The van der Waals surface area contributed by atoms with E-state index in [-0.39, 0.29) is 29.9 Å². The average molecular weight is 332 g/mol. The number of likely N-dealkylation sites (tertiary alicyclic amines) is 1. The Balaban J connectivity index is 1.62. The molecule has 1 aliphatic heterocycles. The molecule has 0 atom stereocenters. The van der Waals surface area contributed by atoms with Gasteiger partial charge in [0.25, 0.3) is 5.91 Å². The van der Waals surface area contributed by atoms with Crippen LogP contribution in [-0.4, -0.2) is 50.0 Å². The zero-order valence-corrected chi connectivity index (χ0v) is 12.9. The van der Waals surface area contributed by atoms with Gasteiger partial charge in [0.1, 0.15) is 12.4 Å². The van der Waals surface area contributed by atoms with Gasteiger partial charge in [0.15, 0.2) is 5.69 Å². The van der Waals surface area contributed by atoms with Crippen LogP contribution in [0.25, 0.3) is 0 Å². The highest BCUT2D eigenvalue weighted by Crippen LogP contribution is 2.30. The van der Waals surface area contributed by atoms with Gasteiger partial charge in [-0.25, -0.2) is 9.07 Å². The molecule has 1 amide bonds. The van der Waals surface area contributed by atoms with Crippen LogP contribution in [0.3, 0.4) is 0 Å². The number of halogens is 1. The van der Waals surface area contributed by atoms with Crippen molar-refractivity contribution in [1.82, 2.24) is 19.9 Å². The van der Waals surface area contributed by atoms with Crippen molar-refractivity contribution in [2.45, 2.75) is 25.3 Å². The highest BCUT2D eigenvalue weighted by Gasteiger charge is 2.27. The lowest BCUT2D eigenvalue weighted by Gasteiger charge is -2.31. The predicted octanol–water partition coefficient (Wildman–Crippen LogP) is 1.52. The van der Waals surface area contributed by atoms with Gasteiger partial charge in [-0.05, 0) is 30.4 Å². The smallest absolute Gasteiger partial charge is 0.325 e. The number of hydrogen-bond acceptors (Lipinski definition) is 4. The van der Waals surface area contributed by atoms with Gasteiger partial charge >= 0.3 is 5.97 Å². The molecule has 1 aromatic carbocycles. The molecule has 0 saturated carbocycles. The number of amides is 1. The van der Waals surface area contributed by atoms with Crippen LogP contribution in [0.1, 0.15) is 34.8 Å². The fourth-order valence-electron chi connectivity index (χ4n) is 2.97. The standard InChI is InChI=1S/C16H17FN4O3/c17-13-4-2-1-3-12(13)11-5-7-20(8-6-11)16(24)14-9-21(19-18-14)10-15(22)23/h1-4,9,11H,5-8,10H2,(H,22,23). The van der Waals surface area contributed by atoms with E-state index in [1.807, 2.05) is 6.07 Å². The van der Waals surface area contributed by atoms with E-state index in [4.69, 9.17) is 5.11 Å². The second-order valence-electron chi connectivity index (χ2n) is 5.78. The molecule has 24 heavy (non-hydrogen) atoms. The van der Waals surface area contributed by atoms with Gasteiger partial charge in [-0.2, -0.15) is 0 Å². The summed E-state index contributed by atoms with van der Waals surface area (Å²) < 4.78 is 15.0. The van der Waals surface area contributed by atoms with Crippen molar-refractivity contribution in [3.05, 3.63) is 47.5 Å². The zero-order chi connectivity index (χ0) is 17.1. The molecule has 1 aliphatic rings. The maximum absolute atomic E-state index is 13.9. The number of aliphatic carboxylic acids is 1. The summed E-state index contributed by atoms with van der Waals surface area (Å²) in [6.07, 6.45) is 2.69. The third-order valence-corrected chi connectivity index (χ3v) is 4.18. The van der Waals surface area contributed by atoms with Gasteiger partial charge < -0.3 is 10.0 Å². The first-order valence-corrected chi connectivity index (χ1v) is 7.70. The zero-order valence-electron chi connectivity index (χ0n) is 12.9. The topological polar surface area (TPSA) is 88.3 Å². The first kappa shape index (κ1) is 16.1. The van der Waals surface area contributed by atoms with Crippen LogP contribution in [0.15, 0.2) is 30.5 Å². The Bertz CT molecular complexity index is 753. The highest BCUT2D eigenvalue weighted by atomic mass is 19.1. The maximum atomic E-state index is 13.9. The molecule has 0 bridgehead atoms. The Labute approximate surface area is 137 Å². The third kappa shape index (κ3) is 3.42. The number of carboxylic acids is 1. The molecule has 1 saturated heterocycles. The molecule has 2 aromatic rings. The minimum absolute atomic E-state index is 0.0953. The number of rotatable bonds is 4. The van der Waals surface area contributed by atoms with Crippen LogP contribution in [0.2, 0.25) is 0 Å². The Morgan fingerprint density at radius 3 is 2.62 bits per heavy atom. The number of carbonyl (C=O) groups excluding carboxylic acids is 1. The van der Waals surface area contributed by atoms with Crippen molar-refractivity contribution in [1.29, 1.82) is 0 Å². The molecular formula is C16H17FN4O3. The van der Waals surface area contributed by atoms with E-state index in [2.05, 4.69) is 10.3 Å². The number of carboxylic acid groups (broad SMARTS) is 1. The molecule has 0 spiro atoms. The van der Waals surface area contributed by atoms with Crippen LogP contribution in [-0.2, 0) is 11.3 Å². The summed E-state index contributed by atoms with van der Waals surface area (Å²) in [6.45, 7) is 0.670. The summed E-state index contributed by atoms with van der Waals surface area (Å²) in [5.74, 6) is -1.44. The van der Waals surface area contributed by atoms with Gasteiger partial charge in [-0.1, -0.05) is 23.4 Å². The summed E-state index contributed by atoms with van der Waals surface area (Å²) in [4.78, 5) is 24.7. The Hall–Kier alpha value is -2.77. The summed E-state index contributed by atoms with van der Waals surface area (Å²) in [5.41, 5.74) is 0.817. The van der Waals surface area contributed by atoms with E-state index in [9.17, 15) is 14.0 Å². The molecule has 0 aliphatic carbocycles.